The summed E-state index contributed by atoms with van der Waals surface area (Å²) in [5.41, 5.74) is 5.93. The minimum absolute atomic E-state index is 0.255. The maximum atomic E-state index is 13.0. The lowest BCUT2D eigenvalue weighted by molar-refractivity contribution is -0.137. The van der Waals surface area contributed by atoms with Crippen molar-refractivity contribution in [2.75, 3.05) is 5.73 Å². The number of nitrogens with two attached hydrogens (primary N) is 1. The van der Waals surface area contributed by atoms with Crippen molar-refractivity contribution >= 4 is 33.7 Å². The number of benzene rings is 2. The van der Waals surface area contributed by atoms with Crippen molar-refractivity contribution in [1.29, 1.82) is 0 Å². The molecule has 0 radical (unpaired) electrons. The third kappa shape index (κ3) is 3.55. The molecule has 2 aromatic carbocycles. The number of anilines is 1. The van der Waals surface area contributed by atoms with Gasteiger partial charge in [0, 0.05) is 11.1 Å². The lowest BCUT2D eigenvalue weighted by Crippen LogP contribution is -2.05. The molecule has 0 saturated carbocycles. The van der Waals surface area contributed by atoms with Crippen molar-refractivity contribution in [3.8, 4) is 11.1 Å². The molecule has 0 atom stereocenters. The molecule has 1 aromatic heterocycles. The van der Waals surface area contributed by atoms with Crippen LogP contribution in [-0.2, 0) is 6.18 Å². The van der Waals surface area contributed by atoms with Gasteiger partial charge < -0.3 is 5.73 Å². The van der Waals surface area contributed by atoms with Crippen LogP contribution in [0, 0.1) is 0 Å². The number of carbonyl (C=O) groups excluding carboxylic acids is 1. The number of hydrogen-bond donors (Lipinski definition) is 1. The summed E-state index contributed by atoms with van der Waals surface area (Å²) in [5.74, 6) is -0.375. The van der Waals surface area contributed by atoms with E-state index >= 15 is 0 Å². The molecular weight excluding hydrogens is 371 g/mol. The summed E-state index contributed by atoms with van der Waals surface area (Å²) in [4.78, 5) is 13.1. The second-order valence-corrected chi connectivity index (χ2v) is 6.77. The van der Waals surface area contributed by atoms with Crippen LogP contribution in [0.15, 0.2) is 54.6 Å². The van der Waals surface area contributed by atoms with Gasteiger partial charge in [-0.2, -0.15) is 13.2 Å². The smallest absolute Gasteiger partial charge is 0.391 e. The van der Waals surface area contributed by atoms with Crippen LogP contribution in [0.1, 0.15) is 20.8 Å². The standard InChI is InChI=1S/C18H11ClF3NOS/c19-14-7-2-1-6-12(14)16(24)17-13(9-15(23)25-17)10-4-3-5-11(8-10)18(20,21)22/h1-9H,23H2. The van der Waals surface area contributed by atoms with E-state index in [1.54, 1.807) is 24.3 Å². The van der Waals surface area contributed by atoms with Gasteiger partial charge in [-0.25, -0.2) is 0 Å². The van der Waals surface area contributed by atoms with E-state index in [1.807, 2.05) is 0 Å². The highest BCUT2D eigenvalue weighted by molar-refractivity contribution is 7.18. The zero-order valence-corrected chi connectivity index (χ0v) is 14.2. The van der Waals surface area contributed by atoms with Crippen LogP contribution < -0.4 is 5.73 Å². The topological polar surface area (TPSA) is 43.1 Å². The number of ketones is 1. The highest BCUT2D eigenvalue weighted by atomic mass is 35.5. The molecule has 0 fully saturated rings. The Hall–Kier alpha value is -2.31. The van der Waals surface area contributed by atoms with Crippen molar-refractivity contribution in [3.05, 3.63) is 75.6 Å². The van der Waals surface area contributed by atoms with Crippen molar-refractivity contribution in [2.45, 2.75) is 6.18 Å². The maximum absolute atomic E-state index is 13.0. The van der Waals surface area contributed by atoms with E-state index in [9.17, 15) is 18.0 Å². The summed E-state index contributed by atoms with van der Waals surface area (Å²) < 4.78 is 38.9. The third-order valence-electron chi connectivity index (χ3n) is 3.58. The molecule has 0 spiro atoms. The SMILES string of the molecule is Nc1cc(-c2cccc(C(F)(F)F)c2)c(C(=O)c2ccccc2Cl)s1. The molecule has 0 aliphatic carbocycles. The number of thiophene rings is 1. The van der Waals surface area contributed by atoms with Gasteiger partial charge in [-0.15, -0.1) is 11.3 Å². The highest BCUT2D eigenvalue weighted by Crippen LogP contribution is 2.38. The van der Waals surface area contributed by atoms with Crippen molar-refractivity contribution < 1.29 is 18.0 Å². The minimum Gasteiger partial charge on any atom is -0.391 e. The number of nitrogen functional groups attached to an aromatic ring is 1. The molecule has 7 heteroatoms. The summed E-state index contributed by atoms with van der Waals surface area (Å²) in [6.45, 7) is 0. The Labute approximate surface area is 150 Å². The Kier molecular flexibility index (Phi) is 4.58. The van der Waals surface area contributed by atoms with Gasteiger partial charge in [-0.05, 0) is 35.9 Å². The molecule has 128 valence electrons. The summed E-state index contributed by atoms with van der Waals surface area (Å²) in [6.07, 6.45) is -4.47. The van der Waals surface area contributed by atoms with Crippen LogP contribution >= 0.6 is 22.9 Å². The molecule has 0 aliphatic rings. The monoisotopic (exact) mass is 381 g/mol. The number of rotatable bonds is 3. The first-order valence-corrected chi connectivity index (χ1v) is 8.33. The fourth-order valence-corrected chi connectivity index (χ4v) is 3.55. The number of halogens is 4. The van der Waals surface area contributed by atoms with E-state index < -0.39 is 11.7 Å². The lowest BCUT2D eigenvalue weighted by Gasteiger charge is -2.09. The van der Waals surface area contributed by atoms with Gasteiger partial charge in [0.15, 0.2) is 0 Å². The van der Waals surface area contributed by atoms with Gasteiger partial charge in [0.05, 0.1) is 20.5 Å². The zero-order valence-electron chi connectivity index (χ0n) is 12.6. The predicted octanol–water partition coefficient (Wildman–Crippen LogP) is 5.90. The van der Waals surface area contributed by atoms with Gasteiger partial charge in [0.2, 0.25) is 5.78 Å². The highest BCUT2D eigenvalue weighted by Gasteiger charge is 2.31. The zero-order chi connectivity index (χ0) is 18.2. The summed E-state index contributed by atoms with van der Waals surface area (Å²) in [5, 5.41) is 0.609. The molecule has 3 aromatic rings. The van der Waals surface area contributed by atoms with Crippen LogP contribution in [-0.4, -0.2) is 5.78 Å². The number of hydrogen-bond acceptors (Lipinski definition) is 3. The maximum Gasteiger partial charge on any atom is 0.416 e. The molecule has 25 heavy (non-hydrogen) atoms. The van der Waals surface area contributed by atoms with E-state index in [-0.39, 0.29) is 26.8 Å². The first-order valence-electron chi connectivity index (χ1n) is 7.13. The molecule has 2 N–H and O–H groups in total. The first kappa shape index (κ1) is 17.5. The molecule has 0 bridgehead atoms. The Morgan fingerprint density at radius 3 is 2.44 bits per heavy atom. The second kappa shape index (κ2) is 6.54. The Morgan fingerprint density at radius 2 is 1.76 bits per heavy atom. The summed E-state index contributed by atoms with van der Waals surface area (Å²) in [6, 6.07) is 12.8. The largest absolute Gasteiger partial charge is 0.416 e. The van der Waals surface area contributed by atoms with Crippen LogP contribution in [0.3, 0.4) is 0 Å². The van der Waals surface area contributed by atoms with Crippen molar-refractivity contribution in [3.63, 3.8) is 0 Å². The quantitative estimate of drug-likeness (QED) is 0.574. The van der Waals surface area contributed by atoms with E-state index in [4.69, 9.17) is 17.3 Å². The van der Waals surface area contributed by atoms with Gasteiger partial charge in [-0.3, -0.25) is 4.79 Å². The molecular formula is C18H11ClF3NOS. The summed E-state index contributed by atoms with van der Waals surface area (Å²) in [7, 11) is 0. The van der Waals surface area contributed by atoms with E-state index in [0.29, 0.717) is 10.6 Å². The van der Waals surface area contributed by atoms with Crippen LogP contribution in [0.25, 0.3) is 11.1 Å². The van der Waals surface area contributed by atoms with Crippen molar-refractivity contribution in [2.24, 2.45) is 0 Å². The second-order valence-electron chi connectivity index (χ2n) is 5.28. The molecule has 0 unspecified atom stereocenters. The first-order chi connectivity index (χ1) is 11.8. The van der Waals surface area contributed by atoms with E-state index in [1.165, 1.54) is 18.2 Å². The minimum atomic E-state index is -4.47. The molecule has 0 aliphatic heterocycles. The van der Waals surface area contributed by atoms with Crippen LogP contribution in [0.2, 0.25) is 5.02 Å². The average Bonchev–Trinajstić information content (AvgIpc) is 2.96. The Morgan fingerprint density at radius 1 is 1.04 bits per heavy atom. The van der Waals surface area contributed by atoms with Crippen LogP contribution in [0.5, 0.6) is 0 Å². The third-order valence-corrected chi connectivity index (χ3v) is 4.87. The predicted molar refractivity (Wildman–Crippen MR) is 94.1 cm³/mol. The van der Waals surface area contributed by atoms with Gasteiger partial charge in [0.25, 0.3) is 0 Å². The Balaban J connectivity index is 2.12. The molecule has 0 amide bonds. The molecule has 3 rings (SSSR count). The van der Waals surface area contributed by atoms with Gasteiger partial charge in [-0.1, -0.05) is 35.9 Å². The molecule has 0 saturated heterocycles. The number of alkyl halides is 3. The Bertz CT molecular complexity index is 949. The molecule has 2 nitrogen and oxygen atoms in total. The molecule has 1 heterocycles. The summed E-state index contributed by atoms with van der Waals surface area (Å²) >= 11 is 7.09. The number of carbonyl (C=O) groups is 1. The van der Waals surface area contributed by atoms with Gasteiger partial charge >= 0.3 is 6.18 Å². The fraction of sp³-hybridized carbons (Fsp3) is 0.0556. The lowest BCUT2D eigenvalue weighted by atomic mass is 10.00. The van der Waals surface area contributed by atoms with Crippen LogP contribution in [0.4, 0.5) is 18.2 Å². The van der Waals surface area contributed by atoms with Crippen molar-refractivity contribution in [1.82, 2.24) is 0 Å². The van der Waals surface area contributed by atoms with E-state index in [2.05, 4.69) is 0 Å². The van der Waals surface area contributed by atoms with Gasteiger partial charge in [0.1, 0.15) is 0 Å². The van der Waals surface area contributed by atoms with E-state index in [0.717, 1.165) is 23.5 Å². The average molecular weight is 382 g/mol. The fourth-order valence-electron chi connectivity index (χ4n) is 2.42. The normalized spacial score (nSPS) is 11.5.